The molecule has 1 saturated heterocycles. The van der Waals surface area contributed by atoms with E-state index >= 15 is 0 Å². The molecule has 0 aromatic heterocycles. The first-order chi connectivity index (χ1) is 33.4. The summed E-state index contributed by atoms with van der Waals surface area (Å²) in [6.07, 6.45) is 59.7. The highest BCUT2D eigenvalue weighted by atomic mass is 16.7. The van der Waals surface area contributed by atoms with Crippen molar-refractivity contribution in [2.45, 2.75) is 269 Å². The number of aliphatic hydroxyl groups is 4. The van der Waals surface area contributed by atoms with Crippen molar-refractivity contribution in [3.8, 4) is 0 Å². The van der Waals surface area contributed by atoms with E-state index in [1.54, 1.807) is 0 Å². The van der Waals surface area contributed by atoms with Crippen LogP contribution in [-0.2, 0) is 23.7 Å². The smallest absolute Gasteiger partial charge is 0.306 e. The van der Waals surface area contributed by atoms with Gasteiger partial charge in [-0.3, -0.25) is 4.79 Å². The molecule has 394 valence electrons. The van der Waals surface area contributed by atoms with E-state index in [0.29, 0.717) is 13.0 Å². The molecular formula is C59H104O9. The third-order valence-corrected chi connectivity index (χ3v) is 12.7. The monoisotopic (exact) mass is 957 g/mol. The van der Waals surface area contributed by atoms with Crippen molar-refractivity contribution in [2.75, 3.05) is 26.4 Å². The van der Waals surface area contributed by atoms with Gasteiger partial charge in [-0.25, -0.2) is 0 Å². The van der Waals surface area contributed by atoms with Gasteiger partial charge in [0.2, 0.25) is 0 Å². The van der Waals surface area contributed by atoms with Crippen LogP contribution < -0.4 is 0 Å². The molecule has 0 amide bonds. The summed E-state index contributed by atoms with van der Waals surface area (Å²) in [4.78, 5) is 12.8. The Morgan fingerprint density at radius 3 is 1.26 bits per heavy atom. The molecule has 0 aromatic carbocycles. The van der Waals surface area contributed by atoms with Crippen LogP contribution in [0.5, 0.6) is 0 Å². The highest BCUT2D eigenvalue weighted by Crippen LogP contribution is 2.23. The molecule has 1 heterocycles. The molecule has 4 N–H and O–H groups in total. The van der Waals surface area contributed by atoms with Crippen molar-refractivity contribution < 1.29 is 44.2 Å². The SMILES string of the molecule is CC/C=C\C/C=C\C/C=C\C/C=C\C/C=C\C/C=C\CCC(=O)OC(COCCCCCCCCCCCCCCCCCCCCCCCCCCCC)COC1OC(CO)C(O)C(O)C1O. The van der Waals surface area contributed by atoms with Gasteiger partial charge in [0.1, 0.15) is 30.5 Å². The van der Waals surface area contributed by atoms with E-state index in [9.17, 15) is 25.2 Å². The van der Waals surface area contributed by atoms with Gasteiger partial charge in [0.05, 0.1) is 19.8 Å². The Labute approximate surface area is 417 Å². The number of hydrogen-bond acceptors (Lipinski definition) is 9. The number of unbranched alkanes of at least 4 members (excludes halogenated alkanes) is 25. The molecule has 1 aliphatic heterocycles. The van der Waals surface area contributed by atoms with E-state index < -0.39 is 49.4 Å². The Bertz CT molecular complexity index is 1270. The van der Waals surface area contributed by atoms with Gasteiger partial charge in [-0.05, 0) is 51.4 Å². The molecule has 9 heteroatoms. The number of rotatable bonds is 48. The van der Waals surface area contributed by atoms with Crippen LogP contribution in [0, 0.1) is 0 Å². The Morgan fingerprint density at radius 2 is 0.868 bits per heavy atom. The molecule has 0 saturated carbocycles. The van der Waals surface area contributed by atoms with Crippen LogP contribution >= 0.6 is 0 Å². The molecule has 9 nitrogen and oxygen atoms in total. The van der Waals surface area contributed by atoms with Crippen molar-refractivity contribution in [1.82, 2.24) is 0 Å². The van der Waals surface area contributed by atoms with E-state index in [1.807, 2.05) is 12.2 Å². The largest absolute Gasteiger partial charge is 0.457 e. The van der Waals surface area contributed by atoms with Gasteiger partial charge >= 0.3 is 5.97 Å². The summed E-state index contributed by atoms with van der Waals surface area (Å²) >= 11 is 0. The van der Waals surface area contributed by atoms with E-state index in [2.05, 4.69) is 74.6 Å². The summed E-state index contributed by atoms with van der Waals surface area (Å²) in [5.41, 5.74) is 0. The second-order valence-corrected chi connectivity index (χ2v) is 19.0. The fourth-order valence-electron chi connectivity index (χ4n) is 8.34. The lowest BCUT2D eigenvalue weighted by atomic mass is 9.99. The average molecular weight is 957 g/mol. The first-order valence-corrected chi connectivity index (χ1v) is 28.0. The maximum absolute atomic E-state index is 12.8. The standard InChI is InChI=1S/C59H104O9/c1-3-5-7-9-11-13-15-17-19-21-23-24-25-26-27-28-29-31-33-35-37-39-41-43-45-47-49-65-51-53(52-66-59-58(64)57(63)56(62)54(50-60)68-59)67-55(61)48-46-44-42-40-38-36-34-32-30-22-20-18-16-14-12-10-8-6-4-2/h6,8,12,14,18,20,30,32,36,38,42,44,53-54,56-60,62-64H,3-5,7,9-11,13,15-17,19,21-29,31,33-35,37,39-41,43,45-52H2,1-2H3/b8-6-,14-12-,20-18-,32-30-,38-36-,44-42-. The average Bonchev–Trinajstić information content (AvgIpc) is 3.34. The van der Waals surface area contributed by atoms with Gasteiger partial charge in [-0.2, -0.15) is 0 Å². The van der Waals surface area contributed by atoms with Crippen LogP contribution in [0.15, 0.2) is 72.9 Å². The quantitative estimate of drug-likeness (QED) is 0.0267. The summed E-state index contributed by atoms with van der Waals surface area (Å²) in [7, 11) is 0. The van der Waals surface area contributed by atoms with Gasteiger partial charge in [-0.15, -0.1) is 0 Å². The molecule has 0 aliphatic carbocycles. The Hall–Kier alpha value is -2.37. The molecule has 6 unspecified atom stereocenters. The van der Waals surface area contributed by atoms with E-state index in [-0.39, 0.29) is 19.6 Å². The minimum atomic E-state index is -1.55. The molecule has 0 radical (unpaired) electrons. The highest BCUT2D eigenvalue weighted by Gasteiger charge is 2.44. The Kier molecular flexibility index (Phi) is 46.4. The molecule has 1 fully saturated rings. The summed E-state index contributed by atoms with van der Waals surface area (Å²) in [5.74, 6) is -0.393. The number of aliphatic hydroxyl groups excluding tert-OH is 4. The molecule has 0 spiro atoms. The number of ether oxygens (including phenoxy) is 4. The lowest BCUT2D eigenvalue weighted by Gasteiger charge is -2.39. The predicted molar refractivity (Wildman–Crippen MR) is 284 cm³/mol. The first kappa shape index (κ1) is 63.6. The topological polar surface area (TPSA) is 135 Å². The number of carbonyl (C=O) groups is 1. The van der Waals surface area contributed by atoms with Crippen LogP contribution in [0.1, 0.15) is 232 Å². The zero-order valence-corrected chi connectivity index (χ0v) is 43.6. The fourth-order valence-corrected chi connectivity index (χ4v) is 8.34. The summed E-state index contributed by atoms with van der Waals surface area (Å²) < 4.78 is 22.8. The molecule has 1 rings (SSSR count). The van der Waals surface area contributed by atoms with Crippen molar-refractivity contribution >= 4 is 5.97 Å². The lowest BCUT2D eigenvalue weighted by Crippen LogP contribution is -2.59. The maximum Gasteiger partial charge on any atom is 0.306 e. The van der Waals surface area contributed by atoms with E-state index in [1.165, 1.54) is 154 Å². The lowest BCUT2D eigenvalue weighted by molar-refractivity contribution is -0.305. The Morgan fingerprint density at radius 1 is 0.485 bits per heavy atom. The zero-order valence-electron chi connectivity index (χ0n) is 43.6. The number of allylic oxidation sites excluding steroid dienone is 12. The molecule has 68 heavy (non-hydrogen) atoms. The normalized spacial score (nSPS) is 19.6. The molecule has 6 atom stereocenters. The minimum absolute atomic E-state index is 0.114. The van der Waals surface area contributed by atoms with Crippen LogP contribution in [0.2, 0.25) is 0 Å². The minimum Gasteiger partial charge on any atom is -0.457 e. The fraction of sp³-hybridized carbons (Fsp3) is 0.780. The molecule has 1 aliphatic rings. The first-order valence-electron chi connectivity index (χ1n) is 28.0. The third-order valence-electron chi connectivity index (χ3n) is 12.7. The maximum atomic E-state index is 12.8. The number of esters is 1. The van der Waals surface area contributed by atoms with Gasteiger partial charge in [-0.1, -0.05) is 247 Å². The summed E-state index contributed by atoms with van der Waals surface area (Å²) in [6, 6.07) is 0. The number of hydrogen-bond donors (Lipinski definition) is 4. The van der Waals surface area contributed by atoms with Crippen molar-refractivity contribution in [3.63, 3.8) is 0 Å². The van der Waals surface area contributed by atoms with E-state index in [4.69, 9.17) is 18.9 Å². The molecule has 0 aromatic rings. The van der Waals surface area contributed by atoms with Crippen LogP contribution in [0.25, 0.3) is 0 Å². The summed E-state index contributed by atoms with van der Waals surface area (Å²) in [5, 5.41) is 40.3. The second kappa shape index (κ2) is 49.6. The number of carbonyl (C=O) groups excluding carboxylic acids is 1. The zero-order chi connectivity index (χ0) is 49.2. The van der Waals surface area contributed by atoms with Crippen molar-refractivity contribution in [2.24, 2.45) is 0 Å². The van der Waals surface area contributed by atoms with Crippen LogP contribution in [0.4, 0.5) is 0 Å². The van der Waals surface area contributed by atoms with Gasteiger partial charge in [0.25, 0.3) is 0 Å². The third kappa shape index (κ3) is 39.4. The molecule has 0 bridgehead atoms. The summed E-state index contributed by atoms with van der Waals surface area (Å²) in [6.45, 7) is 4.38. The van der Waals surface area contributed by atoms with Gasteiger partial charge in [0, 0.05) is 13.0 Å². The van der Waals surface area contributed by atoms with Gasteiger partial charge < -0.3 is 39.4 Å². The van der Waals surface area contributed by atoms with Gasteiger partial charge in [0.15, 0.2) is 6.29 Å². The van der Waals surface area contributed by atoms with Crippen LogP contribution in [-0.4, -0.2) is 89.6 Å². The molecular weight excluding hydrogens is 853 g/mol. The predicted octanol–water partition coefficient (Wildman–Crippen LogP) is 14.4. The second-order valence-electron chi connectivity index (χ2n) is 19.0. The van der Waals surface area contributed by atoms with Crippen LogP contribution in [0.3, 0.4) is 0 Å². The van der Waals surface area contributed by atoms with E-state index in [0.717, 1.165) is 51.4 Å². The highest BCUT2D eigenvalue weighted by molar-refractivity contribution is 5.69. The Balaban J connectivity index is 2.19. The van der Waals surface area contributed by atoms with Crippen molar-refractivity contribution in [3.05, 3.63) is 72.9 Å². The van der Waals surface area contributed by atoms with Crippen molar-refractivity contribution in [1.29, 1.82) is 0 Å².